The Morgan fingerprint density at radius 1 is 1.02 bits per heavy atom. The van der Waals surface area contributed by atoms with Gasteiger partial charge in [-0.05, 0) is 93.8 Å². The van der Waals surface area contributed by atoms with Crippen LogP contribution >= 0.6 is 0 Å². The number of hydrogen-bond donors (Lipinski definition) is 3. The van der Waals surface area contributed by atoms with Gasteiger partial charge in [0.05, 0.1) is 43.3 Å². The third kappa shape index (κ3) is 7.39. The second-order valence-electron chi connectivity index (χ2n) is 10.8. The number of ether oxygens (including phenoxy) is 3. The molecule has 0 aliphatic heterocycles. The summed E-state index contributed by atoms with van der Waals surface area (Å²) in [6.07, 6.45) is -4.32. The third-order valence-corrected chi connectivity index (χ3v) is 7.02. The number of carbonyl (C=O) groups is 2. The van der Waals surface area contributed by atoms with Crippen LogP contribution in [0.2, 0.25) is 0 Å². The van der Waals surface area contributed by atoms with Crippen LogP contribution in [0.25, 0.3) is 11.3 Å². The van der Waals surface area contributed by atoms with Gasteiger partial charge in [-0.3, -0.25) is 4.79 Å². The number of amides is 2. The van der Waals surface area contributed by atoms with Crippen LogP contribution in [0.4, 0.5) is 22.4 Å². The summed E-state index contributed by atoms with van der Waals surface area (Å²) in [6, 6.07) is 11.4. The lowest BCUT2D eigenvalue weighted by atomic mass is 9.88. The fourth-order valence-corrected chi connectivity index (χ4v) is 4.28. The van der Waals surface area contributed by atoms with Crippen molar-refractivity contribution in [2.45, 2.75) is 57.0 Å². The predicted octanol–water partition coefficient (Wildman–Crippen LogP) is 5.60. The number of pyridine rings is 1. The van der Waals surface area contributed by atoms with Gasteiger partial charge >= 0.3 is 12.3 Å². The summed E-state index contributed by atoms with van der Waals surface area (Å²) < 4.78 is 73.5. The Kier molecular flexibility index (Phi) is 9.38. The fourth-order valence-electron chi connectivity index (χ4n) is 4.28. The zero-order valence-corrected chi connectivity index (χ0v) is 24.5. The number of benzene rings is 2. The number of nitrogens with zero attached hydrogens (tertiary/aromatic N) is 1. The normalized spacial score (nSPS) is 14.8. The van der Waals surface area contributed by atoms with Crippen LogP contribution in [0.5, 0.6) is 11.5 Å². The van der Waals surface area contributed by atoms with Crippen molar-refractivity contribution in [3.63, 3.8) is 0 Å². The smallest absolute Gasteiger partial charge is 0.424 e. The Morgan fingerprint density at radius 2 is 1.70 bits per heavy atom. The number of aromatic nitrogens is 1. The molecular formula is C31H33F4N3O6. The Morgan fingerprint density at radius 3 is 2.30 bits per heavy atom. The molecule has 1 heterocycles. The molecule has 0 bridgehead atoms. The van der Waals surface area contributed by atoms with Gasteiger partial charge in [-0.2, -0.15) is 13.2 Å². The minimum absolute atomic E-state index is 0.0250. The molecule has 44 heavy (non-hydrogen) atoms. The third-order valence-electron chi connectivity index (χ3n) is 7.02. The maximum atomic E-state index is 14.7. The summed E-state index contributed by atoms with van der Waals surface area (Å²) in [5, 5.41) is 16.0. The number of methoxy groups -OCH3 is 1. The molecule has 4 rings (SSSR count). The maximum Gasteiger partial charge on any atom is 0.424 e. The second kappa shape index (κ2) is 12.7. The number of carbonyl (C=O) groups excluding carboxylic acids is 2. The molecule has 1 aromatic heterocycles. The highest BCUT2D eigenvalue weighted by atomic mass is 19.4. The van der Waals surface area contributed by atoms with Gasteiger partial charge in [0.1, 0.15) is 5.82 Å². The first-order chi connectivity index (χ1) is 20.7. The van der Waals surface area contributed by atoms with Crippen LogP contribution in [0.1, 0.15) is 55.2 Å². The summed E-state index contributed by atoms with van der Waals surface area (Å²) in [5.74, 6) is -0.868. The molecule has 1 atom stereocenters. The maximum absolute atomic E-state index is 14.7. The highest BCUT2D eigenvalue weighted by molar-refractivity contribution is 5.95. The van der Waals surface area contributed by atoms with Gasteiger partial charge in [0.25, 0.3) is 5.91 Å². The van der Waals surface area contributed by atoms with E-state index < -0.39 is 47.4 Å². The van der Waals surface area contributed by atoms with Crippen molar-refractivity contribution < 1.29 is 46.5 Å². The number of hydrogen-bond acceptors (Lipinski definition) is 7. The molecule has 3 N–H and O–H groups in total. The van der Waals surface area contributed by atoms with Crippen molar-refractivity contribution in [1.82, 2.24) is 15.6 Å². The lowest BCUT2D eigenvalue weighted by Crippen LogP contribution is -2.52. The average Bonchev–Trinajstić information content (AvgIpc) is 3.79. The van der Waals surface area contributed by atoms with Crippen LogP contribution in [-0.2, 0) is 15.9 Å². The molecule has 9 nitrogen and oxygen atoms in total. The molecular weight excluding hydrogens is 586 g/mol. The van der Waals surface area contributed by atoms with Crippen LogP contribution in [0, 0.1) is 5.82 Å². The average molecular weight is 620 g/mol. The van der Waals surface area contributed by atoms with Gasteiger partial charge in [0.15, 0.2) is 11.5 Å². The van der Waals surface area contributed by atoms with Crippen molar-refractivity contribution in [3.8, 4) is 22.8 Å². The minimum atomic E-state index is -5.32. The molecule has 1 saturated carbocycles. The number of alkyl halides is 3. The van der Waals surface area contributed by atoms with Gasteiger partial charge in [0.2, 0.25) is 5.60 Å². The zero-order chi connectivity index (χ0) is 32.3. The van der Waals surface area contributed by atoms with Crippen molar-refractivity contribution in [1.29, 1.82) is 0 Å². The fraction of sp³-hybridized carbons (Fsp3) is 0.387. The van der Waals surface area contributed by atoms with Gasteiger partial charge in [-0.25, -0.2) is 14.2 Å². The topological polar surface area (TPSA) is 119 Å². The van der Waals surface area contributed by atoms with Crippen LogP contribution in [0.3, 0.4) is 0 Å². The van der Waals surface area contributed by atoms with E-state index in [0.29, 0.717) is 5.75 Å². The van der Waals surface area contributed by atoms with E-state index in [-0.39, 0.29) is 40.8 Å². The number of aliphatic hydroxyl groups is 1. The lowest BCUT2D eigenvalue weighted by molar-refractivity contribution is -0.265. The van der Waals surface area contributed by atoms with Gasteiger partial charge in [-0.1, -0.05) is 0 Å². The predicted molar refractivity (Wildman–Crippen MR) is 152 cm³/mol. The van der Waals surface area contributed by atoms with Crippen molar-refractivity contribution in [2.24, 2.45) is 0 Å². The van der Waals surface area contributed by atoms with Gasteiger partial charge in [0, 0.05) is 11.1 Å². The SMILES string of the molecule is CCOC(=O)NC(C)(C)c1cc(-c2ccc(F)cc2)nc(C(O)(CNC(=O)c2ccc(OC3CC3)c(OC)c2)C(F)(F)F)c1. The molecule has 1 fully saturated rings. The first-order valence-corrected chi connectivity index (χ1v) is 13.8. The van der Waals surface area contributed by atoms with Crippen LogP contribution < -0.4 is 20.1 Å². The Bertz CT molecular complexity index is 1510. The molecule has 1 unspecified atom stereocenters. The van der Waals surface area contributed by atoms with E-state index in [1.807, 2.05) is 0 Å². The minimum Gasteiger partial charge on any atom is -0.493 e. The number of nitrogens with one attached hydrogen (secondary N) is 2. The molecule has 0 radical (unpaired) electrons. The van der Waals surface area contributed by atoms with Crippen molar-refractivity contribution in [3.05, 3.63) is 77.2 Å². The molecule has 0 saturated heterocycles. The van der Waals surface area contributed by atoms with E-state index in [2.05, 4.69) is 15.6 Å². The Balaban J connectivity index is 1.71. The van der Waals surface area contributed by atoms with E-state index >= 15 is 0 Å². The van der Waals surface area contributed by atoms with Crippen LogP contribution in [0.15, 0.2) is 54.6 Å². The quantitative estimate of drug-likeness (QED) is 0.239. The first kappa shape index (κ1) is 32.5. The van der Waals surface area contributed by atoms with E-state index in [9.17, 15) is 32.3 Å². The van der Waals surface area contributed by atoms with Crippen molar-refractivity contribution in [2.75, 3.05) is 20.3 Å². The second-order valence-corrected chi connectivity index (χ2v) is 10.8. The molecule has 3 aromatic rings. The zero-order valence-electron chi connectivity index (χ0n) is 24.5. The Labute approximate surface area is 251 Å². The van der Waals surface area contributed by atoms with E-state index in [0.717, 1.165) is 31.0 Å². The summed E-state index contributed by atoms with van der Waals surface area (Å²) in [4.78, 5) is 29.3. The molecule has 1 aliphatic rings. The lowest BCUT2D eigenvalue weighted by Gasteiger charge is -2.33. The summed E-state index contributed by atoms with van der Waals surface area (Å²) >= 11 is 0. The number of rotatable bonds is 11. The Hall–Kier alpha value is -4.39. The summed E-state index contributed by atoms with van der Waals surface area (Å²) in [5.41, 5.74) is -5.53. The van der Waals surface area contributed by atoms with E-state index in [4.69, 9.17) is 14.2 Å². The van der Waals surface area contributed by atoms with E-state index in [1.165, 1.54) is 57.4 Å². The molecule has 2 amide bonds. The molecule has 0 spiro atoms. The van der Waals surface area contributed by atoms with E-state index in [1.54, 1.807) is 6.92 Å². The monoisotopic (exact) mass is 619 g/mol. The highest BCUT2D eigenvalue weighted by Gasteiger charge is 2.56. The standard InChI is InChI=1S/C31H33F4N3O6/c1-5-43-28(40)38-29(2,3)20-15-23(18-6-9-21(32)10-7-18)37-26(16-20)30(41,31(33,34)35)17-36-27(39)19-8-13-24(25(14-19)42-4)44-22-11-12-22/h6-10,13-16,22,41H,5,11-12,17H2,1-4H3,(H,36,39)(H,38,40). The number of alkyl carbamates (subject to hydrolysis) is 1. The largest absolute Gasteiger partial charge is 0.493 e. The highest BCUT2D eigenvalue weighted by Crippen LogP contribution is 2.40. The van der Waals surface area contributed by atoms with Gasteiger partial charge < -0.3 is 30.0 Å². The number of halogens is 4. The molecule has 236 valence electrons. The summed E-state index contributed by atoms with van der Waals surface area (Å²) in [7, 11) is 1.37. The van der Waals surface area contributed by atoms with Gasteiger partial charge in [-0.15, -0.1) is 0 Å². The molecule has 13 heteroatoms. The summed E-state index contributed by atoms with van der Waals surface area (Å²) in [6.45, 7) is 3.39. The molecule has 1 aliphatic carbocycles. The molecule has 2 aromatic carbocycles. The first-order valence-electron chi connectivity index (χ1n) is 13.8. The van der Waals surface area contributed by atoms with Crippen LogP contribution in [-0.4, -0.2) is 54.6 Å². The van der Waals surface area contributed by atoms with Crippen molar-refractivity contribution >= 4 is 12.0 Å².